The zero-order chi connectivity index (χ0) is 13.0. The zero-order valence-corrected chi connectivity index (χ0v) is 11.9. The summed E-state index contributed by atoms with van der Waals surface area (Å²) in [6, 6.07) is 3.67. The van der Waals surface area contributed by atoms with Gasteiger partial charge in [0.25, 0.3) is 0 Å². The Labute approximate surface area is 118 Å². The number of hydrogen-bond donors (Lipinski definition) is 1. The molecule has 0 radical (unpaired) electrons. The van der Waals surface area contributed by atoms with Crippen molar-refractivity contribution < 1.29 is 4.74 Å². The fraction of sp³-hybridized carbons (Fsp3) is 0.571. The maximum atomic E-state index is 6.21. The maximum absolute atomic E-state index is 6.21. The second-order valence-corrected chi connectivity index (χ2v) is 5.64. The molecule has 2 nitrogen and oxygen atoms in total. The zero-order valence-electron chi connectivity index (χ0n) is 10.4. The topological polar surface area (TPSA) is 35.2 Å². The van der Waals surface area contributed by atoms with Crippen LogP contribution in [0.25, 0.3) is 0 Å². The van der Waals surface area contributed by atoms with Crippen LogP contribution in [0.5, 0.6) is 5.75 Å². The van der Waals surface area contributed by atoms with Crippen LogP contribution in [-0.2, 0) is 6.54 Å². The van der Waals surface area contributed by atoms with E-state index in [-0.39, 0.29) is 6.10 Å². The maximum Gasteiger partial charge on any atom is 0.156 e. The third-order valence-electron chi connectivity index (χ3n) is 3.38. The van der Waals surface area contributed by atoms with Crippen LogP contribution in [0.3, 0.4) is 0 Å². The standard InChI is InChI=1S/C14H19Cl2NO/c15-12-7-10(9-17)8-13(16)14(12)18-11-5-3-1-2-4-6-11/h7-8,11H,1-6,9,17H2. The first-order valence-corrected chi connectivity index (χ1v) is 7.31. The van der Waals surface area contributed by atoms with Crippen LogP contribution in [0.1, 0.15) is 44.1 Å². The highest BCUT2D eigenvalue weighted by Gasteiger charge is 2.17. The van der Waals surface area contributed by atoms with Crippen molar-refractivity contribution in [3.63, 3.8) is 0 Å². The van der Waals surface area contributed by atoms with Crippen LogP contribution in [0.15, 0.2) is 12.1 Å². The van der Waals surface area contributed by atoms with E-state index in [2.05, 4.69) is 0 Å². The van der Waals surface area contributed by atoms with Crippen molar-refractivity contribution in [2.75, 3.05) is 0 Å². The first-order valence-electron chi connectivity index (χ1n) is 6.55. The molecule has 100 valence electrons. The summed E-state index contributed by atoms with van der Waals surface area (Å²) in [7, 11) is 0. The predicted octanol–water partition coefficient (Wildman–Crippen LogP) is 4.55. The van der Waals surface area contributed by atoms with Gasteiger partial charge in [0.1, 0.15) is 0 Å². The quantitative estimate of drug-likeness (QED) is 0.828. The molecule has 1 aromatic rings. The Balaban J connectivity index is 2.12. The number of rotatable bonds is 3. The van der Waals surface area contributed by atoms with Crippen molar-refractivity contribution in [3.8, 4) is 5.75 Å². The Hall–Kier alpha value is -0.440. The number of halogens is 2. The largest absolute Gasteiger partial charge is 0.487 e. The number of nitrogens with two attached hydrogens (primary N) is 1. The summed E-state index contributed by atoms with van der Waals surface area (Å²) in [4.78, 5) is 0. The molecule has 1 aliphatic carbocycles. The molecule has 0 spiro atoms. The van der Waals surface area contributed by atoms with Gasteiger partial charge in [-0.1, -0.05) is 36.0 Å². The van der Waals surface area contributed by atoms with Gasteiger partial charge in [-0.3, -0.25) is 0 Å². The van der Waals surface area contributed by atoms with E-state index in [1.165, 1.54) is 25.7 Å². The van der Waals surface area contributed by atoms with Gasteiger partial charge in [0.2, 0.25) is 0 Å². The Morgan fingerprint density at radius 3 is 2.11 bits per heavy atom. The van der Waals surface area contributed by atoms with Crippen molar-refractivity contribution in [1.29, 1.82) is 0 Å². The van der Waals surface area contributed by atoms with Crippen LogP contribution in [0, 0.1) is 0 Å². The third kappa shape index (κ3) is 3.53. The lowest BCUT2D eigenvalue weighted by molar-refractivity contribution is 0.184. The van der Waals surface area contributed by atoms with Gasteiger partial charge < -0.3 is 10.5 Å². The lowest BCUT2D eigenvalue weighted by Crippen LogP contribution is -2.15. The normalized spacial score (nSPS) is 17.5. The van der Waals surface area contributed by atoms with Gasteiger partial charge in [-0.25, -0.2) is 0 Å². The van der Waals surface area contributed by atoms with Crippen molar-refractivity contribution >= 4 is 23.2 Å². The molecule has 0 bridgehead atoms. The second-order valence-electron chi connectivity index (χ2n) is 4.82. The smallest absolute Gasteiger partial charge is 0.156 e. The molecule has 1 fully saturated rings. The predicted molar refractivity (Wildman–Crippen MR) is 76.5 cm³/mol. The minimum atomic E-state index is 0.242. The summed E-state index contributed by atoms with van der Waals surface area (Å²) in [6.45, 7) is 0.434. The molecule has 4 heteroatoms. The summed E-state index contributed by atoms with van der Waals surface area (Å²) < 4.78 is 5.99. The molecule has 0 unspecified atom stereocenters. The van der Waals surface area contributed by atoms with Crippen LogP contribution >= 0.6 is 23.2 Å². The lowest BCUT2D eigenvalue weighted by atomic mass is 10.1. The van der Waals surface area contributed by atoms with Gasteiger partial charge in [-0.15, -0.1) is 0 Å². The SMILES string of the molecule is NCc1cc(Cl)c(OC2CCCCCC2)c(Cl)c1. The van der Waals surface area contributed by atoms with E-state index in [4.69, 9.17) is 33.7 Å². The molecule has 2 N–H and O–H groups in total. The fourth-order valence-corrected chi connectivity index (χ4v) is 2.99. The van der Waals surface area contributed by atoms with Gasteiger partial charge in [-0.2, -0.15) is 0 Å². The Bertz CT molecular complexity index is 378. The molecule has 1 aromatic carbocycles. The molecule has 0 heterocycles. The van der Waals surface area contributed by atoms with E-state index in [9.17, 15) is 0 Å². The fourth-order valence-electron chi connectivity index (χ4n) is 2.37. The van der Waals surface area contributed by atoms with Gasteiger partial charge in [-0.05, 0) is 43.4 Å². The average molecular weight is 288 g/mol. The monoisotopic (exact) mass is 287 g/mol. The highest BCUT2D eigenvalue weighted by molar-refractivity contribution is 6.37. The molecule has 0 amide bonds. The van der Waals surface area contributed by atoms with Crippen LogP contribution < -0.4 is 10.5 Å². The van der Waals surface area contributed by atoms with E-state index in [1.54, 1.807) is 0 Å². The van der Waals surface area contributed by atoms with Crippen molar-refractivity contribution in [2.24, 2.45) is 5.73 Å². The second kappa shape index (κ2) is 6.65. The summed E-state index contributed by atoms with van der Waals surface area (Å²) in [5, 5.41) is 1.12. The molecule has 0 saturated heterocycles. The molecule has 18 heavy (non-hydrogen) atoms. The first kappa shape index (κ1) is 14.0. The highest BCUT2D eigenvalue weighted by atomic mass is 35.5. The van der Waals surface area contributed by atoms with Crippen molar-refractivity contribution in [1.82, 2.24) is 0 Å². The Kier molecular flexibility index (Phi) is 5.16. The van der Waals surface area contributed by atoms with Crippen molar-refractivity contribution in [2.45, 2.75) is 51.2 Å². The van der Waals surface area contributed by atoms with E-state index >= 15 is 0 Å². The third-order valence-corrected chi connectivity index (χ3v) is 3.94. The molecule has 1 aliphatic rings. The van der Waals surface area contributed by atoms with Crippen LogP contribution in [0.4, 0.5) is 0 Å². The molecular weight excluding hydrogens is 269 g/mol. The summed E-state index contributed by atoms with van der Waals surface area (Å²) in [6.07, 6.45) is 7.46. The summed E-state index contributed by atoms with van der Waals surface area (Å²) >= 11 is 12.4. The van der Waals surface area contributed by atoms with Gasteiger partial charge in [0.15, 0.2) is 5.75 Å². The molecule has 0 aliphatic heterocycles. The number of benzene rings is 1. The van der Waals surface area contributed by atoms with Gasteiger partial charge >= 0.3 is 0 Å². The Morgan fingerprint density at radius 1 is 1.06 bits per heavy atom. The van der Waals surface area contributed by atoms with E-state index < -0.39 is 0 Å². The Morgan fingerprint density at radius 2 is 1.61 bits per heavy atom. The minimum absolute atomic E-state index is 0.242. The summed E-state index contributed by atoms with van der Waals surface area (Å²) in [5.41, 5.74) is 6.51. The highest BCUT2D eigenvalue weighted by Crippen LogP contribution is 2.36. The number of hydrogen-bond acceptors (Lipinski definition) is 2. The average Bonchev–Trinajstić information content (AvgIpc) is 2.62. The molecular formula is C14H19Cl2NO. The molecule has 2 rings (SSSR count). The minimum Gasteiger partial charge on any atom is -0.487 e. The molecule has 1 saturated carbocycles. The first-order chi connectivity index (χ1) is 8.70. The van der Waals surface area contributed by atoms with Gasteiger partial charge in [0, 0.05) is 6.54 Å². The number of ether oxygens (including phenoxy) is 1. The molecule has 0 atom stereocenters. The van der Waals surface area contributed by atoms with Crippen molar-refractivity contribution in [3.05, 3.63) is 27.7 Å². The van der Waals surface area contributed by atoms with E-state index in [0.717, 1.165) is 18.4 Å². The molecule has 0 aromatic heterocycles. The van der Waals surface area contributed by atoms with Crippen LogP contribution in [0.2, 0.25) is 10.0 Å². The van der Waals surface area contributed by atoms with E-state index in [0.29, 0.717) is 22.3 Å². The lowest BCUT2D eigenvalue weighted by Gasteiger charge is -2.19. The van der Waals surface area contributed by atoms with Crippen LogP contribution in [-0.4, -0.2) is 6.10 Å². The van der Waals surface area contributed by atoms with Gasteiger partial charge in [0.05, 0.1) is 16.1 Å². The van der Waals surface area contributed by atoms with E-state index in [1.807, 2.05) is 12.1 Å². The summed E-state index contributed by atoms with van der Waals surface area (Å²) in [5.74, 6) is 0.613.